The molecule has 0 bridgehead atoms. The lowest BCUT2D eigenvalue weighted by Crippen LogP contribution is -2.37. The number of hydrogen-bond donors (Lipinski definition) is 2. The van der Waals surface area contributed by atoms with E-state index in [0.29, 0.717) is 19.7 Å². The van der Waals surface area contributed by atoms with Crippen LogP contribution >= 0.6 is 0 Å². The molecule has 0 radical (unpaired) electrons. The average molecular weight is 340 g/mol. The van der Waals surface area contributed by atoms with E-state index in [1.54, 1.807) is 0 Å². The number of ether oxygens (including phenoxy) is 1. The number of nitrogens with zero attached hydrogens (tertiary/aromatic N) is 2. The maximum atomic E-state index is 5.74. The highest BCUT2D eigenvalue weighted by molar-refractivity contribution is 5.79. The molecule has 0 atom stereocenters. The number of guanidine groups is 1. The van der Waals surface area contributed by atoms with Crippen molar-refractivity contribution >= 4 is 5.96 Å². The Bertz CT molecular complexity index is 713. The fourth-order valence-electron chi connectivity index (χ4n) is 2.46. The van der Waals surface area contributed by atoms with Gasteiger partial charge in [0.05, 0.1) is 25.4 Å². The van der Waals surface area contributed by atoms with E-state index in [4.69, 9.17) is 4.74 Å². The Morgan fingerprint density at radius 3 is 2.72 bits per heavy atom. The Hall–Kier alpha value is -2.56. The molecule has 0 spiro atoms. The summed E-state index contributed by atoms with van der Waals surface area (Å²) in [6.07, 6.45) is 1.81. The lowest BCUT2D eigenvalue weighted by Gasteiger charge is -2.13. The van der Waals surface area contributed by atoms with Gasteiger partial charge in [-0.05, 0) is 51.0 Å². The second-order valence-corrected chi connectivity index (χ2v) is 5.86. The molecule has 2 aromatic rings. The van der Waals surface area contributed by atoms with Crippen LogP contribution in [0.1, 0.15) is 36.2 Å². The SMILES string of the molecule is CCNC(=NCc1ccc(C)cc1OCC)NCc1ncccc1C. The van der Waals surface area contributed by atoms with Crippen molar-refractivity contribution in [1.29, 1.82) is 0 Å². The molecule has 0 saturated heterocycles. The number of hydrogen-bond acceptors (Lipinski definition) is 3. The Morgan fingerprint density at radius 2 is 2.00 bits per heavy atom. The highest BCUT2D eigenvalue weighted by Gasteiger charge is 2.05. The molecule has 5 nitrogen and oxygen atoms in total. The van der Waals surface area contributed by atoms with Gasteiger partial charge in [0.2, 0.25) is 0 Å². The van der Waals surface area contributed by atoms with E-state index >= 15 is 0 Å². The summed E-state index contributed by atoms with van der Waals surface area (Å²) >= 11 is 0. The van der Waals surface area contributed by atoms with E-state index in [1.807, 2.05) is 19.2 Å². The van der Waals surface area contributed by atoms with Crippen LogP contribution in [0.25, 0.3) is 0 Å². The summed E-state index contributed by atoms with van der Waals surface area (Å²) in [6, 6.07) is 10.2. The van der Waals surface area contributed by atoms with Gasteiger partial charge in [-0.3, -0.25) is 4.98 Å². The van der Waals surface area contributed by atoms with E-state index in [0.717, 1.165) is 29.5 Å². The van der Waals surface area contributed by atoms with Crippen LogP contribution in [0.2, 0.25) is 0 Å². The zero-order chi connectivity index (χ0) is 18.1. The molecule has 0 amide bonds. The van der Waals surface area contributed by atoms with Crippen molar-refractivity contribution in [2.45, 2.75) is 40.8 Å². The van der Waals surface area contributed by atoms with Crippen LogP contribution in [0.5, 0.6) is 5.75 Å². The summed E-state index contributed by atoms with van der Waals surface area (Å²) in [6.45, 7) is 10.8. The molecule has 1 heterocycles. The summed E-state index contributed by atoms with van der Waals surface area (Å²) in [7, 11) is 0. The molecule has 0 aliphatic rings. The minimum Gasteiger partial charge on any atom is -0.494 e. The van der Waals surface area contributed by atoms with Crippen LogP contribution in [0.15, 0.2) is 41.5 Å². The Balaban J connectivity index is 2.08. The van der Waals surface area contributed by atoms with Crippen molar-refractivity contribution < 1.29 is 4.74 Å². The molecule has 0 saturated carbocycles. The number of nitrogens with one attached hydrogen (secondary N) is 2. The molecule has 2 N–H and O–H groups in total. The Labute approximate surface area is 150 Å². The molecule has 2 rings (SSSR count). The standard InChI is InChI=1S/C20H28N4O/c1-5-21-20(24-14-18-16(4)8-7-11-22-18)23-13-17-10-9-15(3)12-19(17)25-6-2/h7-12H,5-6,13-14H2,1-4H3,(H2,21,23,24). The molecule has 1 aromatic carbocycles. The molecular weight excluding hydrogens is 312 g/mol. The van der Waals surface area contributed by atoms with Gasteiger partial charge in [-0.25, -0.2) is 4.99 Å². The summed E-state index contributed by atoms with van der Waals surface area (Å²) in [5.74, 6) is 1.68. The molecule has 0 aliphatic heterocycles. The lowest BCUT2D eigenvalue weighted by atomic mass is 10.1. The van der Waals surface area contributed by atoms with Crippen LogP contribution in [-0.4, -0.2) is 24.1 Å². The van der Waals surface area contributed by atoms with Crippen molar-refractivity contribution in [3.05, 3.63) is 58.9 Å². The third-order valence-electron chi connectivity index (χ3n) is 3.82. The maximum Gasteiger partial charge on any atom is 0.191 e. The first-order valence-corrected chi connectivity index (χ1v) is 8.79. The van der Waals surface area contributed by atoms with E-state index in [2.05, 4.69) is 65.6 Å². The first-order chi connectivity index (χ1) is 12.1. The summed E-state index contributed by atoms with van der Waals surface area (Å²) in [5, 5.41) is 6.62. The third kappa shape index (κ3) is 5.78. The Kier molecular flexibility index (Phi) is 7.26. The molecular formula is C20H28N4O. The summed E-state index contributed by atoms with van der Waals surface area (Å²) in [5.41, 5.74) is 4.46. The largest absolute Gasteiger partial charge is 0.494 e. The van der Waals surface area contributed by atoms with Crippen LogP contribution in [0.3, 0.4) is 0 Å². The van der Waals surface area contributed by atoms with Crippen molar-refractivity contribution in [3.8, 4) is 5.75 Å². The lowest BCUT2D eigenvalue weighted by molar-refractivity contribution is 0.336. The molecule has 25 heavy (non-hydrogen) atoms. The van der Waals surface area contributed by atoms with Crippen molar-refractivity contribution in [2.24, 2.45) is 4.99 Å². The normalized spacial score (nSPS) is 11.3. The molecule has 134 valence electrons. The zero-order valence-electron chi connectivity index (χ0n) is 15.6. The fourth-order valence-corrected chi connectivity index (χ4v) is 2.46. The first-order valence-electron chi connectivity index (χ1n) is 8.79. The second-order valence-electron chi connectivity index (χ2n) is 5.86. The number of pyridine rings is 1. The van der Waals surface area contributed by atoms with Crippen LogP contribution < -0.4 is 15.4 Å². The predicted octanol–water partition coefficient (Wildman–Crippen LogP) is 3.35. The number of benzene rings is 1. The van der Waals surface area contributed by atoms with E-state index in [1.165, 1.54) is 11.1 Å². The van der Waals surface area contributed by atoms with Gasteiger partial charge >= 0.3 is 0 Å². The van der Waals surface area contributed by atoms with Gasteiger partial charge in [-0.1, -0.05) is 18.2 Å². The third-order valence-corrected chi connectivity index (χ3v) is 3.82. The van der Waals surface area contributed by atoms with Crippen LogP contribution in [0.4, 0.5) is 0 Å². The van der Waals surface area contributed by atoms with Gasteiger partial charge < -0.3 is 15.4 Å². The van der Waals surface area contributed by atoms with E-state index < -0.39 is 0 Å². The van der Waals surface area contributed by atoms with Gasteiger partial charge in [-0.15, -0.1) is 0 Å². The van der Waals surface area contributed by atoms with Crippen molar-refractivity contribution in [1.82, 2.24) is 15.6 Å². The summed E-state index contributed by atoms with van der Waals surface area (Å²) < 4.78 is 5.74. The quantitative estimate of drug-likeness (QED) is 0.599. The zero-order valence-corrected chi connectivity index (χ0v) is 15.6. The molecule has 5 heteroatoms. The highest BCUT2D eigenvalue weighted by Crippen LogP contribution is 2.21. The van der Waals surface area contributed by atoms with Crippen molar-refractivity contribution in [3.63, 3.8) is 0 Å². The van der Waals surface area contributed by atoms with Gasteiger partial charge in [-0.2, -0.15) is 0 Å². The number of aromatic nitrogens is 1. The minimum atomic E-state index is 0.562. The first kappa shape index (κ1) is 18.8. The van der Waals surface area contributed by atoms with Gasteiger partial charge in [0.15, 0.2) is 5.96 Å². The second kappa shape index (κ2) is 9.67. The fraction of sp³-hybridized carbons (Fsp3) is 0.400. The highest BCUT2D eigenvalue weighted by atomic mass is 16.5. The predicted molar refractivity (Wildman–Crippen MR) is 103 cm³/mol. The van der Waals surface area contributed by atoms with Crippen LogP contribution in [-0.2, 0) is 13.1 Å². The number of rotatable bonds is 7. The smallest absolute Gasteiger partial charge is 0.191 e. The molecule has 0 aliphatic carbocycles. The van der Waals surface area contributed by atoms with Gasteiger partial charge in [0, 0.05) is 18.3 Å². The number of aliphatic imine (C=N–C) groups is 1. The molecule has 0 unspecified atom stereocenters. The van der Waals surface area contributed by atoms with Crippen LogP contribution in [0, 0.1) is 13.8 Å². The summed E-state index contributed by atoms with van der Waals surface area (Å²) in [4.78, 5) is 9.10. The Morgan fingerprint density at radius 1 is 1.16 bits per heavy atom. The maximum absolute atomic E-state index is 5.74. The topological polar surface area (TPSA) is 58.5 Å². The minimum absolute atomic E-state index is 0.562. The molecule has 1 aromatic heterocycles. The average Bonchev–Trinajstić information content (AvgIpc) is 2.60. The van der Waals surface area contributed by atoms with Gasteiger partial charge in [0.1, 0.15) is 5.75 Å². The van der Waals surface area contributed by atoms with E-state index in [9.17, 15) is 0 Å². The van der Waals surface area contributed by atoms with Crippen molar-refractivity contribution in [2.75, 3.05) is 13.2 Å². The monoisotopic (exact) mass is 340 g/mol. The van der Waals surface area contributed by atoms with Gasteiger partial charge in [0.25, 0.3) is 0 Å². The van der Waals surface area contributed by atoms with E-state index in [-0.39, 0.29) is 0 Å². The number of aryl methyl sites for hydroxylation is 2. The molecule has 0 fully saturated rings.